The number of piperidine rings is 1. The third-order valence-corrected chi connectivity index (χ3v) is 5.31. The van der Waals surface area contributed by atoms with Crippen molar-refractivity contribution in [3.63, 3.8) is 0 Å². The monoisotopic (exact) mass is 375 g/mol. The average molecular weight is 375 g/mol. The van der Waals surface area contributed by atoms with Crippen LogP contribution in [-0.2, 0) is 12.8 Å². The van der Waals surface area contributed by atoms with Crippen LogP contribution in [0.25, 0.3) is 0 Å². The van der Waals surface area contributed by atoms with E-state index in [1.165, 1.54) is 0 Å². The molecule has 2 N–H and O–H groups in total. The molecular formula is C22H25N5O. The standard InChI is InChI=1S/C22H25N5O/c28-22(27-15-5-7-18(16-27)21-12-14-24-26-21)25-20-9-2-1-6-17(20)10-11-19-8-3-4-13-23-19/h1-4,6,8-9,12-14,18H,5,7,10-11,15-16H2,(H,24,26)(H,25,28)/t18-/m0/s1. The first-order chi connectivity index (χ1) is 13.8. The number of rotatable bonds is 5. The number of aromatic nitrogens is 3. The van der Waals surface area contributed by atoms with Crippen molar-refractivity contribution in [3.8, 4) is 0 Å². The predicted octanol–water partition coefficient (Wildman–Crippen LogP) is 4.00. The van der Waals surface area contributed by atoms with Gasteiger partial charge in [0, 0.05) is 48.5 Å². The maximum absolute atomic E-state index is 12.9. The first-order valence-electron chi connectivity index (χ1n) is 9.82. The summed E-state index contributed by atoms with van der Waals surface area (Å²) in [6.07, 6.45) is 7.34. The number of anilines is 1. The van der Waals surface area contributed by atoms with Gasteiger partial charge in [0.2, 0.25) is 0 Å². The van der Waals surface area contributed by atoms with Gasteiger partial charge in [-0.25, -0.2) is 4.79 Å². The Labute approximate surface area is 165 Å². The quantitative estimate of drug-likeness (QED) is 0.708. The van der Waals surface area contributed by atoms with Crippen LogP contribution in [0.5, 0.6) is 0 Å². The summed E-state index contributed by atoms with van der Waals surface area (Å²) in [5.74, 6) is 0.321. The molecule has 6 nitrogen and oxygen atoms in total. The van der Waals surface area contributed by atoms with E-state index in [4.69, 9.17) is 0 Å². The van der Waals surface area contributed by atoms with Crippen LogP contribution in [0.4, 0.5) is 10.5 Å². The molecule has 6 heteroatoms. The Bertz CT molecular complexity index is 894. The van der Waals surface area contributed by atoms with Crippen molar-refractivity contribution in [2.75, 3.05) is 18.4 Å². The Hall–Kier alpha value is -3.15. The molecule has 1 aliphatic rings. The summed E-state index contributed by atoms with van der Waals surface area (Å²) in [5.41, 5.74) is 4.17. The molecule has 0 aliphatic carbocycles. The van der Waals surface area contributed by atoms with Crippen molar-refractivity contribution in [2.24, 2.45) is 0 Å². The first kappa shape index (κ1) is 18.2. The van der Waals surface area contributed by atoms with Gasteiger partial charge in [-0.15, -0.1) is 0 Å². The maximum Gasteiger partial charge on any atom is 0.321 e. The number of para-hydroxylation sites is 1. The molecule has 0 saturated carbocycles. The zero-order valence-corrected chi connectivity index (χ0v) is 15.8. The van der Waals surface area contributed by atoms with Crippen LogP contribution < -0.4 is 5.32 Å². The molecule has 28 heavy (non-hydrogen) atoms. The molecule has 0 spiro atoms. The fraction of sp³-hybridized carbons (Fsp3) is 0.318. The summed E-state index contributed by atoms with van der Waals surface area (Å²) in [6, 6.07) is 15.9. The fourth-order valence-electron chi connectivity index (χ4n) is 3.77. The summed E-state index contributed by atoms with van der Waals surface area (Å²) in [7, 11) is 0. The number of urea groups is 1. The molecule has 2 aromatic heterocycles. The van der Waals surface area contributed by atoms with Crippen molar-refractivity contribution in [2.45, 2.75) is 31.6 Å². The number of benzene rings is 1. The SMILES string of the molecule is O=C(Nc1ccccc1CCc1ccccn1)N1CCC[C@H](c2ccn[nH]2)C1. The molecule has 2 amide bonds. The lowest BCUT2D eigenvalue weighted by Gasteiger charge is -2.32. The minimum Gasteiger partial charge on any atom is -0.324 e. The molecule has 4 rings (SSSR count). The highest BCUT2D eigenvalue weighted by Crippen LogP contribution is 2.26. The average Bonchev–Trinajstić information content (AvgIpc) is 3.29. The van der Waals surface area contributed by atoms with Crippen molar-refractivity contribution in [1.82, 2.24) is 20.1 Å². The molecule has 1 atom stereocenters. The van der Waals surface area contributed by atoms with Crippen LogP contribution in [-0.4, -0.2) is 39.2 Å². The van der Waals surface area contributed by atoms with Gasteiger partial charge >= 0.3 is 6.03 Å². The summed E-state index contributed by atoms with van der Waals surface area (Å²) in [6.45, 7) is 1.50. The first-order valence-corrected chi connectivity index (χ1v) is 9.82. The van der Waals surface area contributed by atoms with Crippen LogP contribution >= 0.6 is 0 Å². The lowest BCUT2D eigenvalue weighted by Crippen LogP contribution is -2.41. The molecular weight excluding hydrogens is 350 g/mol. The number of H-pyrrole nitrogens is 1. The zero-order valence-electron chi connectivity index (χ0n) is 15.8. The maximum atomic E-state index is 12.9. The molecule has 0 bridgehead atoms. The Balaban J connectivity index is 1.40. The molecule has 3 aromatic rings. The number of aryl methyl sites for hydroxylation is 2. The molecule has 3 heterocycles. The van der Waals surface area contributed by atoms with Crippen molar-refractivity contribution >= 4 is 11.7 Å². The number of pyridine rings is 1. The largest absolute Gasteiger partial charge is 0.324 e. The highest BCUT2D eigenvalue weighted by molar-refractivity contribution is 5.90. The molecule has 0 unspecified atom stereocenters. The third kappa shape index (κ3) is 4.39. The second-order valence-electron chi connectivity index (χ2n) is 7.21. The molecule has 1 aliphatic heterocycles. The van der Waals surface area contributed by atoms with Gasteiger partial charge in [0.15, 0.2) is 0 Å². The van der Waals surface area contributed by atoms with Gasteiger partial charge < -0.3 is 10.2 Å². The van der Waals surface area contributed by atoms with Crippen LogP contribution in [0.2, 0.25) is 0 Å². The van der Waals surface area contributed by atoms with E-state index in [0.717, 1.165) is 54.9 Å². The topological polar surface area (TPSA) is 73.9 Å². The normalized spacial score (nSPS) is 16.7. The lowest BCUT2D eigenvalue weighted by molar-refractivity contribution is 0.192. The zero-order chi connectivity index (χ0) is 19.2. The van der Waals surface area contributed by atoms with Crippen molar-refractivity contribution in [1.29, 1.82) is 0 Å². The highest BCUT2D eigenvalue weighted by Gasteiger charge is 2.25. The Morgan fingerprint density at radius 1 is 1.11 bits per heavy atom. The Morgan fingerprint density at radius 2 is 2.00 bits per heavy atom. The molecule has 0 radical (unpaired) electrons. The third-order valence-electron chi connectivity index (χ3n) is 5.31. The van der Waals surface area contributed by atoms with E-state index in [9.17, 15) is 4.79 Å². The van der Waals surface area contributed by atoms with Gasteiger partial charge in [0.1, 0.15) is 0 Å². The van der Waals surface area contributed by atoms with Gasteiger partial charge in [-0.2, -0.15) is 5.10 Å². The fourth-order valence-corrected chi connectivity index (χ4v) is 3.77. The molecule has 144 valence electrons. The summed E-state index contributed by atoms with van der Waals surface area (Å²) >= 11 is 0. The number of nitrogens with zero attached hydrogens (tertiary/aromatic N) is 3. The van der Waals surface area contributed by atoms with Gasteiger partial charge in [-0.1, -0.05) is 24.3 Å². The number of nitrogens with one attached hydrogen (secondary N) is 2. The number of aromatic amines is 1. The molecule has 1 saturated heterocycles. The second-order valence-corrected chi connectivity index (χ2v) is 7.21. The second kappa shape index (κ2) is 8.69. The highest BCUT2D eigenvalue weighted by atomic mass is 16.2. The van der Waals surface area contributed by atoms with E-state index < -0.39 is 0 Å². The number of carbonyl (C=O) groups excluding carboxylic acids is 1. The lowest BCUT2D eigenvalue weighted by atomic mass is 9.95. The number of carbonyl (C=O) groups is 1. The summed E-state index contributed by atoms with van der Waals surface area (Å²) in [5, 5.41) is 10.2. The van der Waals surface area contributed by atoms with Crippen LogP contribution in [0.15, 0.2) is 60.9 Å². The number of amides is 2. The summed E-state index contributed by atoms with van der Waals surface area (Å²) in [4.78, 5) is 19.2. The van der Waals surface area contributed by atoms with Gasteiger partial charge in [0.25, 0.3) is 0 Å². The van der Waals surface area contributed by atoms with Crippen LogP contribution in [0.1, 0.15) is 35.7 Å². The van der Waals surface area contributed by atoms with E-state index in [2.05, 4.69) is 26.6 Å². The Morgan fingerprint density at radius 3 is 2.82 bits per heavy atom. The van der Waals surface area contributed by atoms with Crippen LogP contribution in [0.3, 0.4) is 0 Å². The minimum absolute atomic E-state index is 0.0329. The van der Waals surface area contributed by atoms with Crippen molar-refractivity contribution < 1.29 is 4.79 Å². The molecule has 1 aromatic carbocycles. The smallest absolute Gasteiger partial charge is 0.321 e. The number of likely N-dealkylation sites (tertiary alicyclic amines) is 1. The van der Waals surface area contributed by atoms with Gasteiger partial charge in [-0.3, -0.25) is 10.1 Å². The van der Waals surface area contributed by atoms with E-state index in [1.807, 2.05) is 53.6 Å². The number of hydrogen-bond acceptors (Lipinski definition) is 3. The Kier molecular flexibility index (Phi) is 5.66. The van der Waals surface area contributed by atoms with Gasteiger partial charge in [-0.05, 0) is 55.5 Å². The predicted molar refractivity (Wildman–Crippen MR) is 109 cm³/mol. The van der Waals surface area contributed by atoms with E-state index in [0.29, 0.717) is 12.5 Å². The van der Waals surface area contributed by atoms with Crippen molar-refractivity contribution in [3.05, 3.63) is 77.9 Å². The van der Waals surface area contributed by atoms with Gasteiger partial charge in [0.05, 0.1) is 0 Å². The van der Waals surface area contributed by atoms with Crippen LogP contribution in [0, 0.1) is 0 Å². The van der Waals surface area contributed by atoms with E-state index >= 15 is 0 Å². The number of hydrogen-bond donors (Lipinski definition) is 2. The van der Waals surface area contributed by atoms with E-state index in [-0.39, 0.29) is 6.03 Å². The minimum atomic E-state index is -0.0329. The summed E-state index contributed by atoms with van der Waals surface area (Å²) < 4.78 is 0. The van der Waals surface area contributed by atoms with E-state index in [1.54, 1.807) is 6.20 Å². The molecule has 1 fully saturated rings.